The molecular weight excluding hydrogens is 258 g/mol. The van der Waals surface area contributed by atoms with Gasteiger partial charge < -0.3 is 9.80 Å². The summed E-state index contributed by atoms with van der Waals surface area (Å²) in [6, 6.07) is 7.97. The van der Waals surface area contributed by atoms with Gasteiger partial charge in [-0.1, -0.05) is 6.07 Å². The second kappa shape index (κ2) is 5.40. The Bertz CT molecular complexity index is 547. The minimum atomic E-state index is 0.794. The first-order chi connectivity index (χ1) is 9.36. The Morgan fingerprint density at radius 1 is 1.16 bits per heavy atom. The fourth-order valence-electron chi connectivity index (χ4n) is 2.30. The lowest BCUT2D eigenvalue weighted by Gasteiger charge is -2.36. The van der Waals surface area contributed by atoms with Gasteiger partial charge in [0.15, 0.2) is 6.29 Å². The summed E-state index contributed by atoms with van der Waals surface area (Å²) in [6.07, 6.45) is 2.75. The predicted octanol–water partition coefficient (Wildman–Crippen LogP) is 2.28. The lowest BCUT2D eigenvalue weighted by atomic mass is 10.3. The number of hydrogen-bond donors (Lipinski definition) is 0. The van der Waals surface area contributed by atoms with Crippen LogP contribution in [0.15, 0.2) is 35.8 Å². The number of aromatic nitrogens is 1. The zero-order valence-corrected chi connectivity index (χ0v) is 11.3. The van der Waals surface area contributed by atoms with Crippen LogP contribution in [0.3, 0.4) is 0 Å². The Morgan fingerprint density at radius 3 is 2.58 bits per heavy atom. The number of rotatable bonds is 3. The number of carbonyl (C=O) groups excluding carboxylic acids is 1. The van der Waals surface area contributed by atoms with Gasteiger partial charge in [0.1, 0.15) is 5.82 Å². The van der Waals surface area contributed by atoms with Gasteiger partial charge in [0.05, 0.1) is 4.88 Å². The van der Waals surface area contributed by atoms with Gasteiger partial charge in [0.2, 0.25) is 0 Å². The molecule has 1 saturated heterocycles. The summed E-state index contributed by atoms with van der Waals surface area (Å²) in [5.41, 5.74) is 1.16. The Hall–Kier alpha value is -1.88. The van der Waals surface area contributed by atoms with Crippen molar-refractivity contribution in [2.45, 2.75) is 0 Å². The number of nitrogens with zero attached hydrogens (tertiary/aromatic N) is 3. The third kappa shape index (κ3) is 2.61. The summed E-state index contributed by atoms with van der Waals surface area (Å²) in [5, 5.41) is 2.06. The zero-order valence-electron chi connectivity index (χ0n) is 10.5. The lowest BCUT2D eigenvalue weighted by Crippen LogP contribution is -2.46. The zero-order chi connectivity index (χ0) is 13.1. The van der Waals surface area contributed by atoms with Crippen LogP contribution < -0.4 is 9.80 Å². The van der Waals surface area contributed by atoms with Crippen molar-refractivity contribution in [3.05, 3.63) is 40.7 Å². The number of pyridine rings is 1. The molecule has 98 valence electrons. The average Bonchev–Trinajstić information content (AvgIpc) is 2.97. The van der Waals surface area contributed by atoms with Crippen molar-refractivity contribution in [1.29, 1.82) is 0 Å². The molecule has 0 amide bonds. The molecule has 1 aliphatic rings. The Morgan fingerprint density at radius 2 is 1.95 bits per heavy atom. The molecule has 2 aromatic rings. The molecule has 19 heavy (non-hydrogen) atoms. The maximum absolute atomic E-state index is 10.7. The summed E-state index contributed by atoms with van der Waals surface area (Å²) in [5.74, 6) is 1.04. The molecule has 0 bridgehead atoms. The van der Waals surface area contributed by atoms with E-state index in [-0.39, 0.29) is 0 Å². The summed E-state index contributed by atoms with van der Waals surface area (Å²) < 4.78 is 0. The largest absolute Gasteiger partial charge is 0.367 e. The van der Waals surface area contributed by atoms with Gasteiger partial charge in [0.25, 0.3) is 0 Å². The highest BCUT2D eigenvalue weighted by Crippen LogP contribution is 2.24. The first-order valence-corrected chi connectivity index (χ1v) is 7.19. The van der Waals surface area contributed by atoms with Crippen LogP contribution in [-0.2, 0) is 0 Å². The van der Waals surface area contributed by atoms with E-state index in [1.165, 1.54) is 11.3 Å². The average molecular weight is 273 g/mol. The van der Waals surface area contributed by atoms with Crippen molar-refractivity contribution < 1.29 is 4.79 Å². The van der Waals surface area contributed by atoms with Gasteiger partial charge >= 0.3 is 0 Å². The third-order valence-electron chi connectivity index (χ3n) is 3.34. The molecule has 3 heterocycles. The summed E-state index contributed by atoms with van der Waals surface area (Å²) in [7, 11) is 0. The van der Waals surface area contributed by atoms with Crippen molar-refractivity contribution in [1.82, 2.24) is 4.98 Å². The molecule has 5 heteroatoms. The monoisotopic (exact) mass is 273 g/mol. The molecule has 0 radical (unpaired) electrons. The van der Waals surface area contributed by atoms with E-state index in [0.29, 0.717) is 0 Å². The molecule has 0 spiro atoms. The van der Waals surface area contributed by atoms with E-state index in [0.717, 1.165) is 48.8 Å². The molecule has 1 aliphatic heterocycles. The SMILES string of the molecule is O=Cc1cc(N2CCN(c3ccccn3)CC2)cs1. The van der Waals surface area contributed by atoms with Crippen LogP contribution in [0.5, 0.6) is 0 Å². The fraction of sp³-hybridized carbons (Fsp3) is 0.286. The van der Waals surface area contributed by atoms with E-state index >= 15 is 0 Å². The van der Waals surface area contributed by atoms with E-state index in [2.05, 4.69) is 20.2 Å². The van der Waals surface area contributed by atoms with Gasteiger partial charge in [-0.05, 0) is 18.2 Å². The smallest absolute Gasteiger partial charge is 0.160 e. The van der Waals surface area contributed by atoms with Crippen LogP contribution in [0.4, 0.5) is 11.5 Å². The Kier molecular flexibility index (Phi) is 3.46. The lowest BCUT2D eigenvalue weighted by molar-refractivity contribution is 0.112. The standard InChI is InChI=1S/C14H15N3OS/c18-10-13-9-12(11-19-13)16-5-7-17(8-6-16)14-3-1-2-4-15-14/h1-4,9-11H,5-8H2. The molecule has 4 nitrogen and oxygen atoms in total. The first kappa shape index (κ1) is 12.2. The first-order valence-electron chi connectivity index (χ1n) is 6.31. The number of thiophene rings is 1. The van der Waals surface area contributed by atoms with Crippen molar-refractivity contribution in [3.63, 3.8) is 0 Å². The van der Waals surface area contributed by atoms with E-state index < -0.39 is 0 Å². The van der Waals surface area contributed by atoms with E-state index in [1.807, 2.05) is 30.5 Å². The maximum atomic E-state index is 10.7. The van der Waals surface area contributed by atoms with Crippen LogP contribution >= 0.6 is 11.3 Å². The van der Waals surface area contributed by atoms with Crippen molar-refractivity contribution in [2.75, 3.05) is 36.0 Å². The molecule has 0 unspecified atom stereocenters. The predicted molar refractivity (Wildman–Crippen MR) is 78.4 cm³/mol. The number of hydrogen-bond acceptors (Lipinski definition) is 5. The van der Waals surface area contributed by atoms with Gasteiger partial charge in [-0.3, -0.25) is 4.79 Å². The number of piperazine rings is 1. The maximum Gasteiger partial charge on any atom is 0.160 e. The molecule has 0 N–H and O–H groups in total. The molecule has 2 aromatic heterocycles. The molecule has 3 rings (SSSR count). The molecule has 0 aliphatic carbocycles. The van der Waals surface area contributed by atoms with Gasteiger partial charge in [-0.2, -0.15) is 0 Å². The Labute approximate surface area is 116 Å². The van der Waals surface area contributed by atoms with Crippen LogP contribution in [-0.4, -0.2) is 37.4 Å². The summed E-state index contributed by atoms with van der Waals surface area (Å²) in [6.45, 7) is 3.85. The number of carbonyl (C=O) groups is 1. The minimum absolute atomic E-state index is 0.794. The van der Waals surface area contributed by atoms with Gasteiger partial charge in [-0.15, -0.1) is 11.3 Å². The second-order valence-electron chi connectivity index (χ2n) is 4.49. The highest BCUT2D eigenvalue weighted by atomic mass is 32.1. The molecule has 0 atom stereocenters. The highest BCUT2D eigenvalue weighted by Gasteiger charge is 2.18. The summed E-state index contributed by atoms with van der Waals surface area (Å²) >= 11 is 1.50. The third-order valence-corrected chi connectivity index (χ3v) is 4.19. The van der Waals surface area contributed by atoms with Gasteiger partial charge in [-0.25, -0.2) is 4.98 Å². The van der Waals surface area contributed by atoms with E-state index in [4.69, 9.17) is 0 Å². The molecule has 0 saturated carbocycles. The topological polar surface area (TPSA) is 36.4 Å². The van der Waals surface area contributed by atoms with E-state index in [9.17, 15) is 4.79 Å². The quantitative estimate of drug-likeness (QED) is 0.804. The van der Waals surface area contributed by atoms with Crippen LogP contribution in [0, 0.1) is 0 Å². The highest BCUT2D eigenvalue weighted by molar-refractivity contribution is 7.12. The van der Waals surface area contributed by atoms with Gasteiger partial charge in [0, 0.05) is 43.4 Å². The number of aldehydes is 1. The second-order valence-corrected chi connectivity index (χ2v) is 5.43. The summed E-state index contributed by atoms with van der Waals surface area (Å²) in [4.78, 5) is 20.5. The minimum Gasteiger partial charge on any atom is -0.367 e. The fourth-order valence-corrected chi connectivity index (χ4v) is 3.02. The van der Waals surface area contributed by atoms with E-state index in [1.54, 1.807) is 0 Å². The van der Waals surface area contributed by atoms with Crippen molar-refractivity contribution in [2.24, 2.45) is 0 Å². The van der Waals surface area contributed by atoms with Crippen LogP contribution in [0.1, 0.15) is 9.67 Å². The van der Waals surface area contributed by atoms with Crippen LogP contribution in [0.2, 0.25) is 0 Å². The molecule has 1 fully saturated rings. The Balaban J connectivity index is 1.65. The molecule has 0 aromatic carbocycles. The number of anilines is 2. The molecular formula is C14H15N3OS. The van der Waals surface area contributed by atoms with Crippen LogP contribution in [0.25, 0.3) is 0 Å². The van der Waals surface area contributed by atoms with Crippen molar-refractivity contribution >= 4 is 29.1 Å². The van der Waals surface area contributed by atoms with Crippen molar-refractivity contribution in [3.8, 4) is 0 Å². The normalized spacial score (nSPS) is 15.6.